The van der Waals surface area contributed by atoms with E-state index in [2.05, 4.69) is 131 Å². The third kappa shape index (κ3) is 25.8. The highest BCUT2D eigenvalue weighted by atomic mass is 35.5. The molecule has 0 aliphatic carbocycles. The molecule has 2 unspecified atom stereocenters. The van der Waals surface area contributed by atoms with E-state index in [1.54, 1.807) is 25.3 Å². The molecule has 24 nitrogen and oxygen atoms in total. The van der Waals surface area contributed by atoms with Crippen molar-refractivity contribution < 1.29 is 88.4 Å². The van der Waals surface area contributed by atoms with E-state index in [1.165, 1.54) is 69.3 Å². The van der Waals surface area contributed by atoms with Gasteiger partial charge in [0.1, 0.15) is 29.5 Å². The number of anilines is 2. The number of fused-ring (bicyclic) bond motifs is 6. The number of aliphatic carboxylic acids is 1. The third-order valence-electron chi connectivity index (χ3n) is 28.7. The number of hydrogen-bond acceptors (Lipinski definition) is 16. The molecule has 27 heteroatoms. The van der Waals surface area contributed by atoms with Crippen molar-refractivity contribution in [1.82, 2.24) is 10.6 Å². The van der Waals surface area contributed by atoms with Gasteiger partial charge in [-0.2, -0.15) is 30.6 Å². The van der Waals surface area contributed by atoms with Crippen LogP contribution in [0.25, 0.3) is 0 Å². The number of aliphatic imine (C=N–C) groups is 1. The lowest BCUT2D eigenvalue weighted by molar-refractivity contribution is -0.439. The number of nitrogens with one attached hydrogen (secondary N) is 3. The van der Waals surface area contributed by atoms with Gasteiger partial charge in [0, 0.05) is 159 Å². The summed E-state index contributed by atoms with van der Waals surface area (Å²) in [5.41, 5.74) is 21.4. The largest absolute Gasteiger partial charge is 0.507 e. The summed E-state index contributed by atoms with van der Waals surface area (Å²) in [6.07, 6.45) is 31.7. The Balaban J connectivity index is 0.000000224. The zero-order valence-corrected chi connectivity index (χ0v) is 88.0. The second-order valence-electron chi connectivity index (χ2n) is 39.7. The maximum absolute atomic E-state index is 13.7. The number of amides is 2. The number of phenols is 2. The first-order chi connectivity index (χ1) is 66.1. The number of nitrogens with zero attached hydrogens (tertiary/aromatic N) is 5. The molecule has 752 valence electrons. The van der Waals surface area contributed by atoms with Crippen LogP contribution < -0.4 is 30.3 Å². The molecule has 6 heterocycles. The third-order valence-corrected chi connectivity index (χ3v) is 30.4. The molecule has 8 aromatic carbocycles. The fraction of sp³-hybridized carbons (Fsp3) is 0.404. The number of allylic oxidation sites excluding steroid dienone is 11. The van der Waals surface area contributed by atoms with Gasteiger partial charge in [0.2, 0.25) is 17.1 Å². The Kier molecular flexibility index (Phi) is 36.9. The topological polar surface area (TPSA) is 326 Å². The normalized spacial score (nSPS) is 18.0. The van der Waals surface area contributed by atoms with Gasteiger partial charge < -0.3 is 50.4 Å². The van der Waals surface area contributed by atoms with E-state index in [4.69, 9.17) is 19.3 Å². The van der Waals surface area contributed by atoms with Gasteiger partial charge in [0.25, 0.3) is 38.5 Å². The summed E-state index contributed by atoms with van der Waals surface area (Å²) in [5, 5.41) is 39.4. The monoisotopic (exact) mass is 1980 g/mol. The Morgan fingerprint density at radius 1 is 0.489 bits per heavy atom. The lowest BCUT2D eigenvalue weighted by atomic mass is 9.81. The Morgan fingerprint density at radius 2 is 0.950 bits per heavy atom. The quantitative estimate of drug-likeness (QED) is 0.00464. The van der Waals surface area contributed by atoms with Gasteiger partial charge in [-0.25, -0.2) is 0 Å². The fourth-order valence-electron chi connectivity index (χ4n) is 19.3. The van der Waals surface area contributed by atoms with Crippen LogP contribution >= 0.6 is 12.4 Å². The molecular formula is C114H144ClN8O16S2+3. The molecule has 8 aromatic rings. The molecule has 6 aliphatic rings. The van der Waals surface area contributed by atoms with Gasteiger partial charge in [0.15, 0.2) is 41.4 Å². The number of aryl methyl sites for hydroxylation is 2. The zero-order chi connectivity index (χ0) is 102. The Bertz CT molecular complexity index is 6560. The van der Waals surface area contributed by atoms with Gasteiger partial charge in [-0.05, 0) is 273 Å². The van der Waals surface area contributed by atoms with Crippen molar-refractivity contribution in [2.75, 3.05) is 56.1 Å². The highest BCUT2D eigenvalue weighted by Crippen LogP contribution is 2.51. The molecule has 0 spiro atoms. The number of carbonyl (C=O) groups excluding carboxylic acids is 3. The standard InChI is InChI=1S/C50H61N3O11S2.C29H38N2O3.C18H26NO2.C17H16N2.ClH/c1-32-33(2)46-37(34(3)45(32)56)25-26-50(8,64-46)47(57)51-27-17-29-53-41-24-22-36(66(61,62)63)31-39(41)49(6,7)43(53)19-14-11-9-10-13-18-42-48(4,5)38-30-35(65(58,59)60)21-23-40(38)52(42)28-16-12-15-20-44(54)55;1-17-10-11-24-23(16-17)28(6,7)21(5)31(24)15-9-14-30-27(33)29(8)13-12-22-20(4)25(32)18(2)19(3)26(22)34-29;1-14-8-9-17-16(12-14)18(3,4)15(2)19(17)10-6-5-7-11-21-13-20;1-4-10-16(11-5-1)18-14-8-3-9-15-19-17-12-6-2-7-13-17;/h9-11,13-14,18-19,21-24,30-31H,12,15-17,20,25-29H2,1-8H3,(H4-,51,54,55,56,57,58,59,60,61,62,63);10-11,16H,9,12-15H2,1-8H3,(H-,30,32,33);8-9,12-13H,5-7,10-11H2,1-4H3;1-15,18H;1H/q;;+1;;/p+2/b;;;9-3+,14-8+,19-15?;. The van der Waals surface area contributed by atoms with Crippen LogP contribution in [-0.4, -0.2) is 160 Å². The number of ether oxygens (including phenoxy) is 3. The maximum atomic E-state index is 13.7. The first kappa shape index (κ1) is 111. The van der Waals surface area contributed by atoms with Gasteiger partial charge in [0.05, 0.1) is 38.3 Å². The number of rotatable bonds is 34. The number of carboxylic acids is 1. The average Bonchev–Trinajstić information content (AvgIpc) is 1.67. The molecule has 0 saturated heterocycles. The van der Waals surface area contributed by atoms with E-state index in [9.17, 15) is 55.3 Å². The van der Waals surface area contributed by atoms with Gasteiger partial charge in [-0.3, -0.25) is 33.3 Å². The van der Waals surface area contributed by atoms with E-state index < -0.39 is 48.2 Å². The van der Waals surface area contributed by atoms with E-state index in [0.717, 1.165) is 134 Å². The number of aromatic hydroxyl groups is 2. The van der Waals surface area contributed by atoms with E-state index in [0.29, 0.717) is 102 Å². The lowest BCUT2D eigenvalue weighted by Crippen LogP contribution is -2.51. The summed E-state index contributed by atoms with van der Waals surface area (Å²) in [4.78, 5) is 54.0. The highest BCUT2D eigenvalue weighted by molar-refractivity contribution is 7.86. The predicted octanol–water partition coefficient (Wildman–Crippen LogP) is 22.5. The molecule has 14 rings (SSSR count). The molecule has 2 amide bonds. The van der Waals surface area contributed by atoms with Crippen LogP contribution in [-0.2, 0) is 78.7 Å². The van der Waals surface area contributed by atoms with Gasteiger partial charge >= 0.3 is 5.97 Å². The number of carboxylic acid groups (broad SMARTS) is 1. The van der Waals surface area contributed by atoms with Crippen molar-refractivity contribution >= 4 is 114 Å². The first-order valence-corrected chi connectivity index (χ1v) is 51.4. The molecule has 8 N–H and O–H groups in total. The molecule has 0 radical (unpaired) electrons. The number of para-hydroxylation sites is 2. The molecule has 141 heavy (non-hydrogen) atoms. The Morgan fingerprint density at radius 3 is 1.48 bits per heavy atom. The smallest absolute Gasteiger partial charge is 0.303 e. The summed E-state index contributed by atoms with van der Waals surface area (Å²) in [7, 11) is -8.89. The second-order valence-corrected chi connectivity index (χ2v) is 42.6. The van der Waals surface area contributed by atoms with Crippen LogP contribution in [0.15, 0.2) is 221 Å². The minimum Gasteiger partial charge on any atom is -0.507 e. The van der Waals surface area contributed by atoms with Crippen molar-refractivity contribution in [3.05, 3.63) is 284 Å². The molecule has 0 aromatic heterocycles. The van der Waals surface area contributed by atoms with Crippen LogP contribution in [0.5, 0.6) is 23.0 Å². The van der Waals surface area contributed by atoms with Crippen molar-refractivity contribution in [3.63, 3.8) is 0 Å². The number of benzene rings is 8. The van der Waals surface area contributed by atoms with E-state index in [1.807, 2.05) is 204 Å². The number of hydrogen-bond donors (Lipinski definition) is 8. The summed E-state index contributed by atoms with van der Waals surface area (Å²) in [6, 6.07) is 42.5. The van der Waals surface area contributed by atoms with Crippen molar-refractivity contribution in [1.29, 1.82) is 0 Å². The Labute approximate surface area is 840 Å². The summed E-state index contributed by atoms with van der Waals surface area (Å²) in [5.74, 6) is 0.846. The Hall–Kier alpha value is -12.3. The first-order valence-electron chi connectivity index (χ1n) is 48.5. The number of unbranched alkanes of at least 4 members (excludes halogenated alkanes) is 4. The summed E-state index contributed by atoms with van der Waals surface area (Å²) >= 11 is 0. The lowest BCUT2D eigenvalue weighted by Gasteiger charge is -2.36. The summed E-state index contributed by atoms with van der Waals surface area (Å²) < 4.78 is 92.6. The second kappa shape index (κ2) is 47.0. The number of halogens is 1. The van der Waals surface area contributed by atoms with Gasteiger partial charge in [-0.1, -0.05) is 116 Å². The number of carbonyl (C=O) groups is 4. The van der Waals surface area contributed by atoms with E-state index >= 15 is 0 Å². The molecular weight excluding hydrogens is 1840 g/mol. The molecule has 0 fully saturated rings. The minimum absolute atomic E-state index is 0. The van der Waals surface area contributed by atoms with Crippen LogP contribution in [0.2, 0.25) is 0 Å². The molecule has 6 aliphatic heterocycles. The predicted molar refractivity (Wildman–Crippen MR) is 567 cm³/mol. The summed E-state index contributed by atoms with van der Waals surface area (Å²) in [6.45, 7) is 45.9. The van der Waals surface area contributed by atoms with Crippen LogP contribution in [0, 0.1) is 55.4 Å². The van der Waals surface area contributed by atoms with Crippen LogP contribution in [0.1, 0.15) is 232 Å². The zero-order valence-electron chi connectivity index (χ0n) is 85.5. The minimum atomic E-state index is -4.46. The molecule has 2 atom stereocenters. The molecule has 0 bridgehead atoms. The number of phenolic OH excluding ortho intramolecular Hbond substituents is 2. The maximum Gasteiger partial charge on any atom is 0.303 e. The van der Waals surface area contributed by atoms with E-state index in [-0.39, 0.29) is 57.0 Å². The van der Waals surface area contributed by atoms with Gasteiger partial charge in [-0.15, -0.1) is 12.4 Å². The highest BCUT2D eigenvalue weighted by Gasteiger charge is 2.49. The average molecular weight is 1980 g/mol. The van der Waals surface area contributed by atoms with Crippen LogP contribution in [0.3, 0.4) is 0 Å². The van der Waals surface area contributed by atoms with Crippen molar-refractivity contribution in [3.8, 4) is 23.0 Å². The SMILES string of the molecule is C(/C=C/C=C/Nc1ccccc1)=Nc1ccccc1.CC1=[N+](CCCCCOC=O)c2ccc(C)cc2C1(C)C.CC1=[N+](CCCNC(=O)C2(C)CCc3c(C)c(O)c(C)c(C)c3O2)c2ccc(C)cc2C1(C)C.Cc1c(C)c2c(c(C)c1O)CCC(C)(C(=O)NCCC[N+]1=C(/C=C/C=C/C=C/C=C3/N(CCCCCC(=O)O)c4ccc(S(=O)(=O)O)cc4C3(C)C)C(C)(C)c3cc(S(=O)(=O)O)ccc31)O2.Cl. The fourth-order valence-corrected chi connectivity index (χ4v) is 20.3. The van der Waals surface area contributed by atoms with Crippen LogP contribution in [0.4, 0.5) is 34.1 Å². The van der Waals surface area contributed by atoms with Crippen molar-refractivity contribution in [2.24, 2.45) is 4.99 Å². The van der Waals surface area contributed by atoms with Crippen molar-refractivity contribution in [2.45, 2.75) is 265 Å². The molecule has 0 saturated carbocycles.